The van der Waals surface area contributed by atoms with E-state index in [2.05, 4.69) is 11.7 Å². The molecule has 1 fully saturated rings. The van der Waals surface area contributed by atoms with Gasteiger partial charge in [0.2, 0.25) is 12.1 Å². The van der Waals surface area contributed by atoms with Crippen LogP contribution in [0.25, 0.3) is 0 Å². The largest absolute Gasteiger partial charge is 0.363 e. The van der Waals surface area contributed by atoms with E-state index >= 15 is 0 Å². The van der Waals surface area contributed by atoms with Gasteiger partial charge in [-0.25, -0.2) is 0 Å². The van der Waals surface area contributed by atoms with Gasteiger partial charge in [0, 0.05) is 0 Å². The third kappa shape index (κ3) is 3.30. The number of allylic oxidation sites excluding steroid dienone is 3. The highest BCUT2D eigenvalue weighted by atomic mass is 16.8. The molecule has 0 bridgehead atoms. The van der Waals surface area contributed by atoms with E-state index in [9.17, 15) is 5.11 Å². The SMILES string of the molecule is CCCC/C=C/C=C/C1(O)OC1O. The molecule has 1 saturated heterocycles. The summed E-state index contributed by atoms with van der Waals surface area (Å²) in [6.45, 7) is 2.14. The van der Waals surface area contributed by atoms with Crippen LogP contribution in [0.2, 0.25) is 0 Å². The van der Waals surface area contributed by atoms with E-state index in [1.165, 1.54) is 18.9 Å². The average molecular weight is 184 g/mol. The Morgan fingerprint density at radius 1 is 1.46 bits per heavy atom. The van der Waals surface area contributed by atoms with Gasteiger partial charge in [-0.3, -0.25) is 0 Å². The number of hydrogen-bond acceptors (Lipinski definition) is 3. The van der Waals surface area contributed by atoms with Gasteiger partial charge in [0.25, 0.3) is 0 Å². The van der Waals surface area contributed by atoms with Gasteiger partial charge in [0.1, 0.15) is 0 Å². The summed E-state index contributed by atoms with van der Waals surface area (Å²) < 4.78 is 4.52. The standard InChI is InChI=1S/C10H16O3/c1-2-3-4-5-6-7-8-10(12)9(11)13-10/h5-9,11-12H,2-4H2,1H3/b6-5+,8-7+. The zero-order valence-corrected chi connectivity index (χ0v) is 7.81. The summed E-state index contributed by atoms with van der Waals surface area (Å²) in [6.07, 6.45) is 9.36. The lowest BCUT2D eigenvalue weighted by molar-refractivity contribution is 0.0825. The number of aliphatic hydroxyl groups excluding tert-OH is 1. The van der Waals surface area contributed by atoms with Crippen LogP contribution in [0.5, 0.6) is 0 Å². The highest BCUT2D eigenvalue weighted by Gasteiger charge is 2.52. The van der Waals surface area contributed by atoms with E-state index in [0.29, 0.717) is 0 Å². The zero-order valence-electron chi connectivity index (χ0n) is 7.81. The molecule has 1 heterocycles. The Labute approximate surface area is 78.3 Å². The number of epoxide rings is 1. The Hall–Kier alpha value is -0.640. The van der Waals surface area contributed by atoms with Gasteiger partial charge in [-0.05, 0) is 12.5 Å². The first-order valence-electron chi connectivity index (χ1n) is 4.61. The van der Waals surface area contributed by atoms with Crippen LogP contribution in [0.4, 0.5) is 0 Å². The van der Waals surface area contributed by atoms with Crippen molar-refractivity contribution in [3.63, 3.8) is 0 Å². The molecular weight excluding hydrogens is 168 g/mol. The van der Waals surface area contributed by atoms with Gasteiger partial charge in [0.05, 0.1) is 0 Å². The number of ether oxygens (including phenoxy) is 1. The Balaban J connectivity index is 2.15. The second kappa shape index (κ2) is 4.56. The van der Waals surface area contributed by atoms with Crippen LogP contribution >= 0.6 is 0 Å². The van der Waals surface area contributed by atoms with Crippen molar-refractivity contribution < 1.29 is 14.9 Å². The molecule has 0 amide bonds. The molecule has 13 heavy (non-hydrogen) atoms. The number of unbranched alkanes of at least 4 members (excludes halogenated alkanes) is 2. The lowest BCUT2D eigenvalue weighted by Crippen LogP contribution is -2.08. The molecule has 0 aliphatic carbocycles. The summed E-state index contributed by atoms with van der Waals surface area (Å²) in [6, 6.07) is 0. The van der Waals surface area contributed by atoms with Gasteiger partial charge < -0.3 is 14.9 Å². The molecule has 0 radical (unpaired) electrons. The Bertz CT molecular complexity index is 210. The van der Waals surface area contributed by atoms with Crippen LogP contribution < -0.4 is 0 Å². The van der Waals surface area contributed by atoms with Crippen LogP contribution in [0.1, 0.15) is 26.2 Å². The minimum atomic E-state index is -1.42. The minimum Gasteiger partial charge on any atom is -0.363 e. The third-order valence-corrected chi connectivity index (χ3v) is 1.90. The molecule has 0 aromatic carbocycles. The predicted octanol–water partition coefficient (Wildman–Crippen LogP) is 1.33. The fourth-order valence-electron chi connectivity index (χ4n) is 0.957. The van der Waals surface area contributed by atoms with E-state index in [4.69, 9.17) is 5.11 Å². The van der Waals surface area contributed by atoms with Gasteiger partial charge >= 0.3 is 0 Å². The van der Waals surface area contributed by atoms with Gasteiger partial charge in [-0.2, -0.15) is 0 Å². The molecule has 74 valence electrons. The zero-order chi connectivity index (χ0) is 9.73. The van der Waals surface area contributed by atoms with Gasteiger partial charge in [0.15, 0.2) is 0 Å². The summed E-state index contributed by atoms with van der Waals surface area (Å²) in [5.74, 6) is -1.42. The summed E-state index contributed by atoms with van der Waals surface area (Å²) in [7, 11) is 0. The second-order valence-corrected chi connectivity index (χ2v) is 3.15. The van der Waals surface area contributed by atoms with Gasteiger partial charge in [-0.1, -0.05) is 38.0 Å². The lowest BCUT2D eigenvalue weighted by Gasteiger charge is -1.91. The van der Waals surface area contributed by atoms with Crippen molar-refractivity contribution in [2.24, 2.45) is 0 Å². The fraction of sp³-hybridized carbons (Fsp3) is 0.600. The van der Waals surface area contributed by atoms with Crippen molar-refractivity contribution in [1.29, 1.82) is 0 Å². The first kappa shape index (κ1) is 10.4. The summed E-state index contributed by atoms with van der Waals surface area (Å²) in [5, 5.41) is 18.0. The molecule has 1 aliphatic heterocycles. The van der Waals surface area contributed by atoms with E-state index in [1.807, 2.05) is 12.2 Å². The predicted molar refractivity (Wildman–Crippen MR) is 49.8 cm³/mol. The normalized spacial score (nSPS) is 33.3. The first-order chi connectivity index (χ1) is 6.19. The third-order valence-electron chi connectivity index (χ3n) is 1.90. The maximum Gasteiger partial charge on any atom is 0.241 e. The van der Waals surface area contributed by atoms with E-state index in [-0.39, 0.29) is 0 Å². The Morgan fingerprint density at radius 2 is 2.15 bits per heavy atom. The second-order valence-electron chi connectivity index (χ2n) is 3.15. The molecule has 2 unspecified atom stereocenters. The van der Waals surface area contributed by atoms with Crippen molar-refractivity contribution in [2.45, 2.75) is 38.3 Å². The molecule has 2 atom stereocenters. The van der Waals surface area contributed by atoms with Crippen LogP contribution in [-0.4, -0.2) is 22.3 Å². The van der Waals surface area contributed by atoms with Crippen molar-refractivity contribution in [2.75, 3.05) is 0 Å². The van der Waals surface area contributed by atoms with E-state index < -0.39 is 12.1 Å². The summed E-state index contributed by atoms with van der Waals surface area (Å²) >= 11 is 0. The monoisotopic (exact) mass is 184 g/mol. The maximum absolute atomic E-state index is 9.21. The molecular formula is C10H16O3. The molecule has 3 heteroatoms. The Morgan fingerprint density at radius 3 is 2.69 bits per heavy atom. The van der Waals surface area contributed by atoms with Crippen molar-refractivity contribution in [3.8, 4) is 0 Å². The van der Waals surface area contributed by atoms with Crippen LogP contribution in [0, 0.1) is 0 Å². The highest BCUT2D eigenvalue weighted by Crippen LogP contribution is 2.32. The summed E-state index contributed by atoms with van der Waals surface area (Å²) in [4.78, 5) is 0. The van der Waals surface area contributed by atoms with Crippen LogP contribution in [0.15, 0.2) is 24.3 Å². The number of rotatable bonds is 5. The molecule has 0 aromatic rings. The number of hydrogen-bond donors (Lipinski definition) is 2. The summed E-state index contributed by atoms with van der Waals surface area (Å²) in [5.41, 5.74) is 0. The van der Waals surface area contributed by atoms with E-state index in [0.717, 1.165) is 6.42 Å². The topological polar surface area (TPSA) is 53.0 Å². The quantitative estimate of drug-likeness (QED) is 0.385. The fourth-order valence-corrected chi connectivity index (χ4v) is 0.957. The Kier molecular flexibility index (Phi) is 3.66. The lowest BCUT2D eigenvalue weighted by atomic mass is 10.2. The molecule has 0 aromatic heterocycles. The smallest absolute Gasteiger partial charge is 0.241 e. The molecule has 3 nitrogen and oxygen atoms in total. The van der Waals surface area contributed by atoms with Gasteiger partial charge in [-0.15, -0.1) is 0 Å². The van der Waals surface area contributed by atoms with E-state index in [1.54, 1.807) is 6.08 Å². The average Bonchev–Trinajstić information content (AvgIpc) is 2.68. The van der Waals surface area contributed by atoms with Crippen LogP contribution in [-0.2, 0) is 4.74 Å². The molecule has 0 saturated carbocycles. The molecule has 2 N–H and O–H groups in total. The van der Waals surface area contributed by atoms with Crippen molar-refractivity contribution in [3.05, 3.63) is 24.3 Å². The molecule has 1 aliphatic rings. The van der Waals surface area contributed by atoms with Crippen LogP contribution in [0.3, 0.4) is 0 Å². The first-order valence-corrected chi connectivity index (χ1v) is 4.61. The number of aliphatic hydroxyl groups is 2. The maximum atomic E-state index is 9.21. The molecule has 0 spiro atoms. The van der Waals surface area contributed by atoms with Crippen molar-refractivity contribution in [1.82, 2.24) is 0 Å². The minimum absolute atomic E-state index is 1.04. The van der Waals surface area contributed by atoms with Crippen molar-refractivity contribution >= 4 is 0 Å². The molecule has 1 rings (SSSR count). The highest BCUT2D eigenvalue weighted by molar-refractivity contribution is 5.12.